The van der Waals surface area contributed by atoms with Crippen molar-refractivity contribution < 1.29 is 22.4 Å². The average Bonchev–Trinajstić information content (AvgIpc) is 2.58. The second-order valence-corrected chi connectivity index (χ2v) is 5.59. The summed E-state index contributed by atoms with van der Waals surface area (Å²) in [6, 6.07) is 14.0. The maximum absolute atomic E-state index is 13.5. The molecule has 0 aromatic heterocycles. The number of hydrogen-bond donors (Lipinski definition) is 0. The zero-order valence-electron chi connectivity index (χ0n) is 13.3. The standard InChI is InChI=1S/C20H16F4O/c21-18-9-5-4-6-16(18)12-10-15(14-20(22,23)24)11-13-19(25)17-7-2-1-3-8-17/h1-9,15H,11,13-14H2. The number of ketones is 1. The van der Waals surface area contributed by atoms with Crippen LogP contribution in [0.1, 0.15) is 35.2 Å². The quantitative estimate of drug-likeness (QED) is 0.401. The van der Waals surface area contributed by atoms with E-state index < -0.39 is 24.3 Å². The molecule has 130 valence electrons. The fourth-order valence-electron chi connectivity index (χ4n) is 2.32. The van der Waals surface area contributed by atoms with Crippen molar-refractivity contribution in [3.8, 4) is 11.8 Å². The van der Waals surface area contributed by atoms with E-state index in [4.69, 9.17) is 0 Å². The van der Waals surface area contributed by atoms with Gasteiger partial charge in [-0.3, -0.25) is 4.79 Å². The molecule has 2 rings (SSSR count). The van der Waals surface area contributed by atoms with Crippen LogP contribution < -0.4 is 0 Å². The summed E-state index contributed by atoms with van der Waals surface area (Å²) >= 11 is 0. The van der Waals surface area contributed by atoms with Crippen molar-refractivity contribution in [2.45, 2.75) is 25.4 Å². The highest BCUT2D eigenvalue weighted by Gasteiger charge is 2.31. The van der Waals surface area contributed by atoms with E-state index in [1.54, 1.807) is 36.4 Å². The van der Waals surface area contributed by atoms with E-state index in [1.165, 1.54) is 18.2 Å². The van der Waals surface area contributed by atoms with Crippen molar-refractivity contribution in [3.05, 3.63) is 71.5 Å². The monoisotopic (exact) mass is 348 g/mol. The first-order chi connectivity index (χ1) is 11.8. The lowest BCUT2D eigenvalue weighted by atomic mass is 9.95. The molecule has 0 bridgehead atoms. The minimum absolute atomic E-state index is 0.0330. The number of Topliss-reactive ketones (excluding diaryl/α,β-unsaturated/α-hetero) is 1. The largest absolute Gasteiger partial charge is 0.390 e. The summed E-state index contributed by atoms with van der Waals surface area (Å²) in [6.07, 6.45) is -5.60. The number of hydrogen-bond acceptors (Lipinski definition) is 1. The van der Waals surface area contributed by atoms with Gasteiger partial charge < -0.3 is 0 Å². The van der Waals surface area contributed by atoms with Crippen LogP contribution in [0.3, 0.4) is 0 Å². The van der Waals surface area contributed by atoms with E-state index >= 15 is 0 Å². The molecule has 2 aromatic rings. The molecule has 0 N–H and O–H groups in total. The van der Waals surface area contributed by atoms with Gasteiger partial charge in [0.2, 0.25) is 0 Å². The zero-order chi connectivity index (χ0) is 18.3. The van der Waals surface area contributed by atoms with Crippen LogP contribution in [-0.4, -0.2) is 12.0 Å². The molecular weight excluding hydrogens is 332 g/mol. The minimum atomic E-state index is -4.40. The normalized spacial score (nSPS) is 12.2. The van der Waals surface area contributed by atoms with Gasteiger partial charge in [-0.25, -0.2) is 4.39 Å². The van der Waals surface area contributed by atoms with Gasteiger partial charge in [0.05, 0.1) is 12.0 Å². The van der Waals surface area contributed by atoms with Gasteiger partial charge in [0.15, 0.2) is 5.78 Å². The van der Waals surface area contributed by atoms with E-state index in [9.17, 15) is 22.4 Å². The van der Waals surface area contributed by atoms with Crippen LogP contribution in [0.15, 0.2) is 54.6 Å². The van der Waals surface area contributed by atoms with Crippen molar-refractivity contribution >= 4 is 5.78 Å². The molecule has 0 amide bonds. The van der Waals surface area contributed by atoms with Crippen LogP contribution in [0.25, 0.3) is 0 Å². The van der Waals surface area contributed by atoms with Crippen molar-refractivity contribution in [2.75, 3.05) is 0 Å². The Morgan fingerprint density at radius 1 is 1.00 bits per heavy atom. The first-order valence-corrected chi connectivity index (χ1v) is 7.76. The van der Waals surface area contributed by atoms with E-state index in [2.05, 4.69) is 11.8 Å². The molecule has 0 aliphatic heterocycles. The summed E-state index contributed by atoms with van der Waals surface area (Å²) < 4.78 is 51.7. The lowest BCUT2D eigenvalue weighted by molar-refractivity contribution is -0.140. The van der Waals surface area contributed by atoms with Gasteiger partial charge in [0, 0.05) is 17.9 Å². The molecule has 25 heavy (non-hydrogen) atoms. The lowest BCUT2D eigenvalue weighted by Gasteiger charge is -2.13. The zero-order valence-corrected chi connectivity index (χ0v) is 13.3. The Bertz CT molecular complexity index is 770. The second kappa shape index (κ2) is 8.48. The Morgan fingerprint density at radius 3 is 2.28 bits per heavy atom. The fourth-order valence-corrected chi connectivity index (χ4v) is 2.32. The summed E-state index contributed by atoms with van der Waals surface area (Å²) in [5.41, 5.74) is 0.499. The third-order valence-electron chi connectivity index (χ3n) is 3.58. The van der Waals surface area contributed by atoms with Gasteiger partial charge in [0.25, 0.3) is 0 Å². The number of carbonyl (C=O) groups excluding carboxylic acids is 1. The van der Waals surface area contributed by atoms with Crippen LogP contribution in [0, 0.1) is 23.6 Å². The van der Waals surface area contributed by atoms with Crippen LogP contribution >= 0.6 is 0 Å². The smallest absolute Gasteiger partial charge is 0.294 e. The summed E-state index contributed by atoms with van der Waals surface area (Å²) in [6.45, 7) is 0. The molecule has 0 fully saturated rings. The van der Waals surface area contributed by atoms with Crippen LogP contribution in [0.4, 0.5) is 17.6 Å². The highest BCUT2D eigenvalue weighted by molar-refractivity contribution is 5.95. The Hall–Kier alpha value is -2.61. The van der Waals surface area contributed by atoms with Crippen molar-refractivity contribution in [1.29, 1.82) is 0 Å². The maximum Gasteiger partial charge on any atom is 0.390 e. The lowest BCUT2D eigenvalue weighted by Crippen LogP contribution is -2.15. The van der Waals surface area contributed by atoms with Crippen molar-refractivity contribution in [1.82, 2.24) is 0 Å². The maximum atomic E-state index is 13.5. The Balaban J connectivity index is 2.09. The number of rotatable bonds is 5. The summed E-state index contributed by atoms with van der Waals surface area (Å²) in [5.74, 6) is 3.06. The average molecular weight is 348 g/mol. The van der Waals surface area contributed by atoms with Gasteiger partial charge >= 0.3 is 6.18 Å². The number of alkyl halides is 3. The topological polar surface area (TPSA) is 17.1 Å². The molecule has 0 aliphatic carbocycles. The first kappa shape index (κ1) is 18.7. The van der Waals surface area contributed by atoms with E-state index in [0.717, 1.165) is 0 Å². The summed E-state index contributed by atoms with van der Waals surface area (Å²) in [5, 5.41) is 0. The first-order valence-electron chi connectivity index (χ1n) is 7.76. The van der Waals surface area contributed by atoms with Gasteiger partial charge in [-0.15, -0.1) is 0 Å². The van der Waals surface area contributed by atoms with Crippen molar-refractivity contribution in [2.24, 2.45) is 5.92 Å². The molecular formula is C20H16F4O. The number of benzene rings is 2. The second-order valence-electron chi connectivity index (χ2n) is 5.59. The van der Waals surface area contributed by atoms with Gasteiger partial charge in [0.1, 0.15) is 5.82 Å². The molecule has 2 aromatic carbocycles. The minimum Gasteiger partial charge on any atom is -0.294 e. The molecule has 1 atom stereocenters. The van der Waals surface area contributed by atoms with E-state index in [-0.39, 0.29) is 24.2 Å². The van der Waals surface area contributed by atoms with E-state index in [1.807, 2.05) is 0 Å². The predicted molar refractivity (Wildman–Crippen MR) is 87.4 cm³/mol. The highest BCUT2D eigenvalue weighted by atomic mass is 19.4. The van der Waals surface area contributed by atoms with Gasteiger partial charge in [-0.1, -0.05) is 54.3 Å². The fraction of sp³-hybridized carbons (Fsp3) is 0.250. The SMILES string of the molecule is O=C(CCC(C#Cc1ccccc1F)CC(F)(F)F)c1ccccc1. The molecule has 0 saturated carbocycles. The van der Waals surface area contributed by atoms with Crippen LogP contribution in [-0.2, 0) is 0 Å². The Labute approximate surface area is 143 Å². The Kier molecular flexibility index (Phi) is 6.35. The third-order valence-corrected chi connectivity index (χ3v) is 3.58. The summed E-state index contributed by atoms with van der Waals surface area (Å²) in [4.78, 5) is 12.1. The molecule has 0 heterocycles. The molecule has 0 saturated heterocycles. The predicted octanol–water partition coefficient (Wildman–Crippen LogP) is 5.41. The van der Waals surface area contributed by atoms with Crippen molar-refractivity contribution in [3.63, 3.8) is 0 Å². The molecule has 0 spiro atoms. The molecule has 1 unspecified atom stereocenters. The van der Waals surface area contributed by atoms with Gasteiger partial charge in [-0.05, 0) is 18.6 Å². The molecule has 0 aliphatic rings. The third kappa shape index (κ3) is 6.42. The molecule has 1 nitrogen and oxygen atoms in total. The number of halogens is 4. The summed E-state index contributed by atoms with van der Waals surface area (Å²) in [7, 11) is 0. The molecule has 5 heteroatoms. The van der Waals surface area contributed by atoms with Crippen LogP contribution in [0.2, 0.25) is 0 Å². The molecule has 0 radical (unpaired) electrons. The van der Waals surface area contributed by atoms with E-state index in [0.29, 0.717) is 5.56 Å². The highest BCUT2D eigenvalue weighted by Crippen LogP contribution is 2.27. The number of carbonyl (C=O) groups is 1. The Morgan fingerprint density at radius 2 is 1.64 bits per heavy atom. The van der Waals surface area contributed by atoms with Gasteiger partial charge in [-0.2, -0.15) is 13.2 Å². The van der Waals surface area contributed by atoms with Crippen LogP contribution in [0.5, 0.6) is 0 Å².